The van der Waals surface area contributed by atoms with E-state index in [2.05, 4.69) is 33.9 Å². The molecule has 0 spiro atoms. The van der Waals surface area contributed by atoms with Crippen LogP contribution in [0.25, 0.3) is 0 Å². The molecule has 0 aliphatic heterocycles. The molecule has 0 saturated heterocycles. The third kappa shape index (κ3) is 5.10. The van der Waals surface area contributed by atoms with Crippen molar-refractivity contribution >= 4 is 9.84 Å². The van der Waals surface area contributed by atoms with Crippen molar-refractivity contribution < 1.29 is 8.42 Å². The molecule has 0 saturated carbocycles. The van der Waals surface area contributed by atoms with Gasteiger partial charge in [0.15, 0.2) is 0 Å². The van der Waals surface area contributed by atoms with E-state index in [1.165, 1.54) is 5.56 Å². The number of aryl methyl sites for hydroxylation is 1. The molecule has 3 aromatic rings. The van der Waals surface area contributed by atoms with Gasteiger partial charge in [-0.25, -0.2) is 13.4 Å². The molecule has 1 unspecified atom stereocenters. The maximum atomic E-state index is 12.6. The van der Waals surface area contributed by atoms with Gasteiger partial charge in [-0.3, -0.25) is 9.88 Å². The van der Waals surface area contributed by atoms with E-state index >= 15 is 0 Å². The zero-order valence-electron chi connectivity index (χ0n) is 17.2. The molecule has 2 heterocycles. The molecule has 154 valence electrons. The Balaban J connectivity index is 1.85. The summed E-state index contributed by atoms with van der Waals surface area (Å²) in [5.41, 5.74) is 3.03. The monoisotopic (exact) mass is 412 g/mol. The molecule has 0 N–H and O–H groups in total. The largest absolute Gasteiger partial charge is 0.317 e. The van der Waals surface area contributed by atoms with Crippen molar-refractivity contribution in [2.24, 2.45) is 0 Å². The number of hydrogen-bond acceptors (Lipinski definition) is 5. The molecule has 0 radical (unpaired) electrons. The van der Waals surface area contributed by atoms with Crippen molar-refractivity contribution in [1.29, 1.82) is 0 Å². The van der Waals surface area contributed by atoms with Gasteiger partial charge < -0.3 is 4.57 Å². The maximum Gasteiger partial charge on any atom is 0.227 e. The van der Waals surface area contributed by atoms with Crippen LogP contribution < -0.4 is 0 Å². The van der Waals surface area contributed by atoms with Gasteiger partial charge in [-0.15, -0.1) is 0 Å². The summed E-state index contributed by atoms with van der Waals surface area (Å²) in [6, 6.07) is 16.1. The van der Waals surface area contributed by atoms with Crippen LogP contribution in [0.4, 0.5) is 0 Å². The lowest BCUT2D eigenvalue weighted by Crippen LogP contribution is -2.25. The van der Waals surface area contributed by atoms with E-state index in [0.29, 0.717) is 13.1 Å². The van der Waals surface area contributed by atoms with Gasteiger partial charge in [0.05, 0.1) is 23.3 Å². The van der Waals surface area contributed by atoms with Gasteiger partial charge in [0.25, 0.3) is 0 Å². The highest BCUT2D eigenvalue weighted by Crippen LogP contribution is 2.21. The van der Waals surface area contributed by atoms with Gasteiger partial charge in [-0.05, 0) is 38.1 Å². The Kier molecular flexibility index (Phi) is 6.82. The SMILES string of the molecule is CCS(=O)(=O)c1ncc(CN(C)C(C)c2ccccn2)n1CCc1ccccc1. The average molecular weight is 413 g/mol. The van der Waals surface area contributed by atoms with Gasteiger partial charge >= 0.3 is 0 Å². The van der Waals surface area contributed by atoms with E-state index in [1.54, 1.807) is 19.3 Å². The summed E-state index contributed by atoms with van der Waals surface area (Å²) < 4.78 is 27.0. The van der Waals surface area contributed by atoms with E-state index in [-0.39, 0.29) is 17.0 Å². The summed E-state index contributed by atoms with van der Waals surface area (Å²) in [5.74, 6) is 0.0367. The summed E-state index contributed by atoms with van der Waals surface area (Å²) in [4.78, 5) is 10.9. The lowest BCUT2D eigenvalue weighted by molar-refractivity contribution is 0.241. The van der Waals surface area contributed by atoms with E-state index in [9.17, 15) is 8.42 Å². The van der Waals surface area contributed by atoms with Crippen LogP contribution in [0.1, 0.15) is 36.8 Å². The van der Waals surface area contributed by atoms with Gasteiger partial charge in [-0.1, -0.05) is 43.3 Å². The molecule has 1 atom stereocenters. The minimum absolute atomic E-state index is 0.0367. The zero-order valence-corrected chi connectivity index (χ0v) is 18.0. The zero-order chi connectivity index (χ0) is 20.9. The Morgan fingerprint density at radius 3 is 2.45 bits per heavy atom. The molecular formula is C22H28N4O2S. The second-order valence-corrected chi connectivity index (χ2v) is 9.34. The second-order valence-electron chi connectivity index (χ2n) is 7.17. The summed E-state index contributed by atoms with van der Waals surface area (Å²) >= 11 is 0. The first kappa shape index (κ1) is 21.2. The van der Waals surface area contributed by atoms with Crippen LogP contribution in [0.3, 0.4) is 0 Å². The van der Waals surface area contributed by atoms with E-state index in [4.69, 9.17) is 0 Å². The smallest absolute Gasteiger partial charge is 0.227 e. The number of imidazole rings is 1. The van der Waals surface area contributed by atoms with Gasteiger partial charge in [0.2, 0.25) is 15.0 Å². The Morgan fingerprint density at radius 1 is 1.07 bits per heavy atom. The first-order chi connectivity index (χ1) is 13.9. The molecule has 0 aliphatic carbocycles. The lowest BCUT2D eigenvalue weighted by Gasteiger charge is -2.25. The molecule has 1 aromatic carbocycles. The van der Waals surface area contributed by atoms with Crippen molar-refractivity contribution in [3.8, 4) is 0 Å². The molecule has 2 aromatic heterocycles. The molecule has 7 heteroatoms. The van der Waals surface area contributed by atoms with Crippen LogP contribution in [-0.2, 0) is 29.3 Å². The molecule has 0 fully saturated rings. The van der Waals surface area contributed by atoms with E-state index in [0.717, 1.165) is 17.8 Å². The standard InChI is InChI=1S/C22H28N4O2S/c1-4-29(27,28)22-24-16-20(26(22)15-13-19-10-6-5-7-11-19)17-25(3)18(2)21-12-8-9-14-23-21/h5-12,14,16,18H,4,13,15,17H2,1-3H3. The number of benzene rings is 1. The molecule has 0 aliphatic rings. The van der Waals surface area contributed by atoms with Crippen molar-refractivity contribution in [3.05, 3.63) is 77.9 Å². The summed E-state index contributed by atoms with van der Waals surface area (Å²) in [6.45, 7) is 4.90. The molecular weight excluding hydrogens is 384 g/mol. The lowest BCUT2D eigenvalue weighted by atomic mass is 10.1. The summed E-state index contributed by atoms with van der Waals surface area (Å²) in [7, 11) is -1.38. The first-order valence-electron chi connectivity index (χ1n) is 9.84. The van der Waals surface area contributed by atoms with Crippen LogP contribution >= 0.6 is 0 Å². The van der Waals surface area contributed by atoms with Crippen molar-refractivity contribution in [1.82, 2.24) is 19.4 Å². The van der Waals surface area contributed by atoms with Crippen LogP contribution in [-0.4, -0.2) is 40.7 Å². The maximum absolute atomic E-state index is 12.6. The van der Waals surface area contributed by atoms with Gasteiger partial charge in [0, 0.05) is 25.3 Å². The predicted octanol–water partition coefficient (Wildman–Crippen LogP) is 3.51. The van der Waals surface area contributed by atoms with Crippen molar-refractivity contribution in [2.45, 2.75) is 44.6 Å². The Hall–Kier alpha value is -2.51. The van der Waals surface area contributed by atoms with E-state index in [1.807, 2.05) is 48.0 Å². The third-order valence-corrected chi connectivity index (χ3v) is 6.86. The first-order valence-corrected chi connectivity index (χ1v) is 11.5. The third-order valence-electron chi connectivity index (χ3n) is 5.22. The molecule has 0 bridgehead atoms. The van der Waals surface area contributed by atoms with Crippen LogP contribution in [0, 0.1) is 0 Å². The van der Waals surface area contributed by atoms with Crippen molar-refractivity contribution in [2.75, 3.05) is 12.8 Å². The molecule has 29 heavy (non-hydrogen) atoms. The normalized spacial score (nSPS) is 13.0. The minimum atomic E-state index is -3.40. The van der Waals surface area contributed by atoms with Crippen LogP contribution in [0.5, 0.6) is 0 Å². The van der Waals surface area contributed by atoms with E-state index < -0.39 is 9.84 Å². The molecule has 0 amide bonds. The molecule has 3 rings (SSSR count). The fourth-order valence-corrected chi connectivity index (χ4v) is 4.28. The molecule has 6 nitrogen and oxygen atoms in total. The van der Waals surface area contributed by atoms with Gasteiger partial charge in [-0.2, -0.15) is 0 Å². The fourth-order valence-electron chi connectivity index (χ4n) is 3.26. The highest BCUT2D eigenvalue weighted by molar-refractivity contribution is 7.91. The highest BCUT2D eigenvalue weighted by Gasteiger charge is 2.23. The number of nitrogens with zero attached hydrogens (tertiary/aromatic N) is 4. The Morgan fingerprint density at radius 2 is 1.79 bits per heavy atom. The van der Waals surface area contributed by atoms with Crippen LogP contribution in [0.2, 0.25) is 0 Å². The fraction of sp³-hybridized carbons (Fsp3) is 0.364. The average Bonchev–Trinajstić information content (AvgIpc) is 3.16. The number of sulfone groups is 1. The Labute approximate surface area is 173 Å². The summed E-state index contributed by atoms with van der Waals surface area (Å²) in [5, 5.41) is 0.157. The van der Waals surface area contributed by atoms with Crippen LogP contribution in [0.15, 0.2) is 66.1 Å². The summed E-state index contributed by atoms with van der Waals surface area (Å²) in [6.07, 6.45) is 4.22. The highest BCUT2D eigenvalue weighted by atomic mass is 32.2. The number of hydrogen-bond donors (Lipinski definition) is 0. The minimum Gasteiger partial charge on any atom is -0.317 e. The quantitative estimate of drug-likeness (QED) is 0.538. The number of pyridine rings is 1. The van der Waals surface area contributed by atoms with Crippen molar-refractivity contribution in [3.63, 3.8) is 0 Å². The topological polar surface area (TPSA) is 68.1 Å². The predicted molar refractivity (Wildman–Crippen MR) is 114 cm³/mol. The number of aromatic nitrogens is 3. The second kappa shape index (κ2) is 9.33. The Bertz CT molecular complexity index is 1020. The number of rotatable bonds is 9. The van der Waals surface area contributed by atoms with Gasteiger partial charge in [0.1, 0.15) is 0 Å².